The van der Waals surface area contributed by atoms with E-state index >= 15 is 0 Å². The molecular formula is C28H25ClN4O5. The zero-order valence-corrected chi connectivity index (χ0v) is 21.4. The van der Waals surface area contributed by atoms with Crippen molar-refractivity contribution in [3.63, 3.8) is 0 Å². The quantitative estimate of drug-likeness (QED) is 0.312. The van der Waals surface area contributed by atoms with E-state index < -0.39 is 17.4 Å². The van der Waals surface area contributed by atoms with E-state index in [1.165, 1.54) is 4.57 Å². The Morgan fingerprint density at radius 1 is 1.13 bits per heavy atom. The molecule has 1 aliphatic rings. The van der Waals surface area contributed by atoms with Gasteiger partial charge in [-0.2, -0.15) is 0 Å². The molecule has 4 aromatic rings. The van der Waals surface area contributed by atoms with Crippen LogP contribution in [-0.2, 0) is 11.3 Å². The molecule has 38 heavy (non-hydrogen) atoms. The van der Waals surface area contributed by atoms with E-state index in [4.69, 9.17) is 21.8 Å². The molecule has 194 valence electrons. The summed E-state index contributed by atoms with van der Waals surface area (Å²) in [5, 5.41) is 3.83. The number of nitrogens with one attached hydrogen (secondary N) is 1. The van der Waals surface area contributed by atoms with Crippen molar-refractivity contribution in [3.8, 4) is 11.1 Å². The minimum Gasteiger partial charge on any atom is -0.443 e. The fraction of sp³-hybridized carbons (Fsp3) is 0.250. The van der Waals surface area contributed by atoms with E-state index in [1.54, 1.807) is 25.1 Å². The van der Waals surface area contributed by atoms with Gasteiger partial charge in [0.25, 0.3) is 11.5 Å². The summed E-state index contributed by atoms with van der Waals surface area (Å²) in [4.78, 5) is 55.4. The van der Waals surface area contributed by atoms with E-state index in [2.05, 4.69) is 10.3 Å². The number of primary amides is 1. The third-order valence-electron chi connectivity index (χ3n) is 6.46. The lowest BCUT2D eigenvalue weighted by Crippen LogP contribution is -2.34. The van der Waals surface area contributed by atoms with Crippen LogP contribution in [0.1, 0.15) is 64.7 Å². The Balaban J connectivity index is 1.70. The van der Waals surface area contributed by atoms with Crippen LogP contribution in [0.25, 0.3) is 21.9 Å². The van der Waals surface area contributed by atoms with Gasteiger partial charge in [-0.3, -0.25) is 23.7 Å². The summed E-state index contributed by atoms with van der Waals surface area (Å²) in [5.41, 5.74) is 6.35. The lowest BCUT2D eigenvalue weighted by Gasteiger charge is -2.18. The summed E-state index contributed by atoms with van der Waals surface area (Å²) in [7, 11) is 0. The Labute approximate surface area is 222 Å². The molecule has 2 aromatic carbocycles. The number of aromatic nitrogens is 2. The van der Waals surface area contributed by atoms with Crippen LogP contribution in [0.4, 0.5) is 0 Å². The number of halogens is 1. The predicted octanol–water partition coefficient (Wildman–Crippen LogP) is 4.04. The number of ketones is 1. The van der Waals surface area contributed by atoms with Crippen LogP contribution in [0.2, 0.25) is 5.02 Å². The Bertz CT molecular complexity index is 1640. The first-order valence-corrected chi connectivity index (χ1v) is 12.7. The molecule has 10 heteroatoms. The molecular weight excluding hydrogens is 508 g/mol. The van der Waals surface area contributed by atoms with Crippen molar-refractivity contribution in [1.82, 2.24) is 14.9 Å². The van der Waals surface area contributed by atoms with E-state index in [1.807, 2.05) is 30.3 Å². The molecule has 0 bridgehead atoms. The molecule has 1 fully saturated rings. The first-order valence-electron chi connectivity index (χ1n) is 12.3. The minimum absolute atomic E-state index is 0.0256. The van der Waals surface area contributed by atoms with Crippen LogP contribution in [0.15, 0.2) is 57.7 Å². The van der Waals surface area contributed by atoms with Crippen molar-refractivity contribution in [1.29, 1.82) is 0 Å². The molecule has 0 aliphatic heterocycles. The van der Waals surface area contributed by atoms with Crippen LogP contribution in [-0.4, -0.2) is 33.7 Å². The van der Waals surface area contributed by atoms with Crippen molar-refractivity contribution < 1.29 is 18.8 Å². The zero-order valence-electron chi connectivity index (χ0n) is 20.6. The van der Waals surface area contributed by atoms with Gasteiger partial charge in [0.05, 0.1) is 12.2 Å². The number of hydrogen-bond donors (Lipinski definition) is 2. The number of rotatable bonds is 9. The second kappa shape index (κ2) is 10.3. The minimum atomic E-state index is -0.686. The van der Waals surface area contributed by atoms with Gasteiger partial charge >= 0.3 is 0 Å². The van der Waals surface area contributed by atoms with Crippen molar-refractivity contribution in [2.24, 2.45) is 5.73 Å². The maximum atomic E-state index is 13.8. The van der Waals surface area contributed by atoms with Gasteiger partial charge < -0.3 is 15.5 Å². The molecule has 0 spiro atoms. The molecule has 0 radical (unpaired) electrons. The first-order chi connectivity index (χ1) is 18.3. The lowest BCUT2D eigenvalue weighted by atomic mass is 9.94. The maximum absolute atomic E-state index is 13.8. The van der Waals surface area contributed by atoms with E-state index in [0.29, 0.717) is 27.1 Å². The van der Waals surface area contributed by atoms with Crippen molar-refractivity contribution >= 4 is 40.0 Å². The molecule has 3 N–H and O–H groups in total. The number of carbonyl (C=O) groups excluding carboxylic acids is 3. The Morgan fingerprint density at radius 2 is 1.87 bits per heavy atom. The summed E-state index contributed by atoms with van der Waals surface area (Å²) in [6.07, 6.45) is 1.82. The van der Waals surface area contributed by atoms with Gasteiger partial charge in [-0.25, -0.2) is 4.98 Å². The van der Waals surface area contributed by atoms with E-state index in [9.17, 15) is 19.2 Å². The van der Waals surface area contributed by atoms with Crippen molar-refractivity contribution in [2.45, 2.75) is 38.6 Å². The molecule has 1 saturated carbocycles. The molecule has 5 rings (SSSR count). The fourth-order valence-corrected chi connectivity index (χ4v) is 4.71. The summed E-state index contributed by atoms with van der Waals surface area (Å²) in [5.74, 6) is -0.983. The van der Waals surface area contributed by atoms with Crippen LogP contribution in [0.3, 0.4) is 0 Å². The highest BCUT2D eigenvalue weighted by Crippen LogP contribution is 2.42. The Hall–Kier alpha value is -4.24. The monoisotopic (exact) mass is 532 g/mol. The van der Waals surface area contributed by atoms with Crippen LogP contribution >= 0.6 is 11.6 Å². The van der Waals surface area contributed by atoms with Gasteiger partial charge in [-0.15, -0.1) is 0 Å². The maximum Gasteiger partial charge on any atom is 0.273 e. The third kappa shape index (κ3) is 4.84. The second-order valence-electron chi connectivity index (χ2n) is 9.19. The van der Waals surface area contributed by atoms with Gasteiger partial charge in [0.1, 0.15) is 12.3 Å². The van der Waals surface area contributed by atoms with E-state index in [0.717, 1.165) is 18.4 Å². The SMILES string of the molecule is CCC(=O)c1c(-c2ccccc2)c2cc(Cl)ccc2c(=O)n1Cc1nc(C(=O)NCC(N)=O)c(C2CC2)o1. The number of nitrogens with zero attached hydrogens (tertiary/aromatic N) is 2. The molecule has 0 saturated heterocycles. The topological polar surface area (TPSA) is 137 Å². The normalized spacial score (nSPS) is 13.0. The first kappa shape index (κ1) is 25.4. The fourth-order valence-electron chi connectivity index (χ4n) is 4.54. The number of hydrogen-bond acceptors (Lipinski definition) is 6. The number of oxazole rings is 1. The predicted molar refractivity (Wildman–Crippen MR) is 142 cm³/mol. The molecule has 0 unspecified atom stereocenters. The third-order valence-corrected chi connectivity index (χ3v) is 6.69. The average Bonchev–Trinajstić information content (AvgIpc) is 3.67. The highest BCUT2D eigenvalue weighted by molar-refractivity contribution is 6.31. The summed E-state index contributed by atoms with van der Waals surface area (Å²) < 4.78 is 7.35. The van der Waals surface area contributed by atoms with Gasteiger partial charge in [-0.05, 0) is 42.0 Å². The van der Waals surface area contributed by atoms with Gasteiger partial charge in [0.2, 0.25) is 11.8 Å². The summed E-state index contributed by atoms with van der Waals surface area (Å²) in [6.45, 7) is 1.22. The highest BCUT2D eigenvalue weighted by atomic mass is 35.5. The summed E-state index contributed by atoms with van der Waals surface area (Å²) in [6, 6.07) is 14.3. The molecule has 2 heterocycles. The van der Waals surface area contributed by atoms with Crippen LogP contribution in [0.5, 0.6) is 0 Å². The standard InChI is InChI=1S/C28H25ClN4O5/c1-2-20(34)25-23(15-6-4-3-5-7-15)19-12-17(29)10-11-18(19)28(37)33(25)14-22-32-24(26(38-22)16-8-9-16)27(36)31-13-21(30)35/h3-7,10-12,16H,2,8-9,13-14H2,1H3,(H2,30,35)(H,31,36). The largest absolute Gasteiger partial charge is 0.443 e. The molecule has 2 aromatic heterocycles. The van der Waals surface area contributed by atoms with Gasteiger partial charge in [0.15, 0.2) is 11.5 Å². The molecule has 0 atom stereocenters. The number of carbonyl (C=O) groups is 3. The molecule has 1 aliphatic carbocycles. The van der Waals surface area contributed by atoms with Gasteiger partial charge in [0, 0.05) is 28.3 Å². The zero-order chi connectivity index (χ0) is 27.0. The number of benzene rings is 2. The number of amides is 2. The number of nitrogens with two attached hydrogens (primary N) is 1. The van der Waals surface area contributed by atoms with Crippen molar-refractivity contribution in [2.75, 3.05) is 6.54 Å². The number of pyridine rings is 1. The van der Waals surface area contributed by atoms with Crippen LogP contribution in [0, 0.1) is 0 Å². The number of fused-ring (bicyclic) bond motifs is 1. The second-order valence-corrected chi connectivity index (χ2v) is 9.63. The highest BCUT2D eigenvalue weighted by Gasteiger charge is 2.34. The average molecular weight is 533 g/mol. The summed E-state index contributed by atoms with van der Waals surface area (Å²) >= 11 is 6.31. The van der Waals surface area contributed by atoms with Crippen molar-refractivity contribution in [3.05, 3.63) is 86.9 Å². The molecule has 9 nitrogen and oxygen atoms in total. The van der Waals surface area contributed by atoms with Gasteiger partial charge in [-0.1, -0.05) is 48.9 Å². The Morgan fingerprint density at radius 3 is 2.53 bits per heavy atom. The van der Waals surface area contributed by atoms with Crippen LogP contribution < -0.4 is 16.6 Å². The Kier molecular flexibility index (Phi) is 6.86. The lowest BCUT2D eigenvalue weighted by molar-refractivity contribution is -0.117. The van der Waals surface area contributed by atoms with E-state index in [-0.39, 0.29) is 48.5 Å². The smallest absolute Gasteiger partial charge is 0.273 e. The molecule has 2 amide bonds. The number of Topliss-reactive ketones (excluding diaryl/α,β-unsaturated/α-hetero) is 1.